The lowest BCUT2D eigenvalue weighted by atomic mass is 10.0. The molecule has 0 fully saturated rings. The molecule has 0 aromatic heterocycles. The molecular weight excluding hydrogens is 254 g/mol. The van der Waals surface area contributed by atoms with Gasteiger partial charge in [-0.05, 0) is 43.9 Å². The smallest absolute Gasteiger partial charge is 0.0297 e. The van der Waals surface area contributed by atoms with E-state index >= 15 is 0 Å². The number of benzene rings is 2. The summed E-state index contributed by atoms with van der Waals surface area (Å²) in [5.41, 5.74) is 5.44. The average Bonchev–Trinajstić information content (AvgIpc) is 2.49. The Morgan fingerprint density at radius 1 is 0.810 bits per heavy atom. The van der Waals surface area contributed by atoms with E-state index in [1.165, 1.54) is 35.1 Å². The van der Waals surface area contributed by atoms with Crippen LogP contribution in [0, 0.1) is 6.92 Å². The third-order valence-corrected chi connectivity index (χ3v) is 4.10. The van der Waals surface area contributed by atoms with E-state index in [-0.39, 0.29) is 0 Å². The molecule has 0 saturated carbocycles. The molecule has 0 aliphatic heterocycles. The Balaban J connectivity index is 1.99. The number of nitrogens with one attached hydrogen (secondary N) is 1. The van der Waals surface area contributed by atoms with Crippen LogP contribution in [-0.2, 0) is 6.42 Å². The summed E-state index contributed by atoms with van der Waals surface area (Å²) < 4.78 is 0. The van der Waals surface area contributed by atoms with E-state index in [1.54, 1.807) is 0 Å². The van der Waals surface area contributed by atoms with Crippen molar-refractivity contribution < 1.29 is 0 Å². The number of aryl methyl sites for hydroxylation is 2. The van der Waals surface area contributed by atoms with Crippen LogP contribution in [0.4, 0.5) is 0 Å². The van der Waals surface area contributed by atoms with Crippen LogP contribution in [0.1, 0.15) is 61.5 Å². The third kappa shape index (κ3) is 4.44. The van der Waals surface area contributed by atoms with Crippen LogP contribution >= 0.6 is 0 Å². The lowest BCUT2D eigenvalue weighted by molar-refractivity contribution is 0.494. The van der Waals surface area contributed by atoms with Gasteiger partial charge >= 0.3 is 0 Å². The molecule has 2 rings (SSSR count). The molecule has 0 bridgehead atoms. The van der Waals surface area contributed by atoms with E-state index in [2.05, 4.69) is 81.5 Å². The summed E-state index contributed by atoms with van der Waals surface area (Å²) in [6.45, 7) is 8.82. The molecule has 2 aromatic carbocycles. The number of rotatable bonds is 6. The highest BCUT2D eigenvalue weighted by Gasteiger charge is 2.11. The Morgan fingerprint density at radius 2 is 1.29 bits per heavy atom. The monoisotopic (exact) mass is 281 g/mol. The van der Waals surface area contributed by atoms with Crippen LogP contribution in [-0.4, -0.2) is 0 Å². The predicted octanol–water partition coefficient (Wildman–Crippen LogP) is 5.36. The molecule has 1 heteroatoms. The quantitative estimate of drug-likeness (QED) is 0.751. The summed E-state index contributed by atoms with van der Waals surface area (Å²) in [7, 11) is 0. The maximum atomic E-state index is 3.68. The molecule has 0 amide bonds. The van der Waals surface area contributed by atoms with Crippen LogP contribution in [0.2, 0.25) is 0 Å². The van der Waals surface area contributed by atoms with Crippen LogP contribution in [0.5, 0.6) is 0 Å². The van der Waals surface area contributed by atoms with E-state index in [9.17, 15) is 0 Å². The lowest BCUT2D eigenvalue weighted by Gasteiger charge is -2.21. The van der Waals surface area contributed by atoms with E-state index < -0.39 is 0 Å². The van der Waals surface area contributed by atoms with Gasteiger partial charge in [0.05, 0.1) is 0 Å². The molecule has 0 aliphatic rings. The molecule has 0 spiro atoms. The second kappa shape index (κ2) is 7.42. The Kier molecular flexibility index (Phi) is 5.58. The fourth-order valence-corrected chi connectivity index (χ4v) is 2.68. The fourth-order valence-electron chi connectivity index (χ4n) is 2.68. The van der Waals surface area contributed by atoms with Crippen LogP contribution in [0.15, 0.2) is 48.5 Å². The summed E-state index contributed by atoms with van der Waals surface area (Å²) in [4.78, 5) is 0. The molecule has 0 radical (unpaired) electrons. The zero-order valence-corrected chi connectivity index (χ0v) is 13.7. The minimum absolute atomic E-state index is 0.357. The SMILES string of the molecule is CCCc1ccc(C(C)NC(C)c2ccc(C)cc2)cc1. The van der Waals surface area contributed by atoms with Gasteiger partial charge in [-0.1, -0.05) is 67.4 Å². The summed E-state index contributed by atoms with van der Waals surface area (Å²) in [6.07, 6.45) is 2.37. The highest BCUT2D eigenvalue weighted by atomic mass is 14.9. The van der Waals surface area contributed by atoms with Crippen molar-refractivity contribution in [1.82, 2.24) is 5.32 Å². The topological polar surface area (TPSA) is 12.0 Å². The first-order chi connectivity index (χ1) is 10.1. The van der Waals surface area contributed by atoms with Crippen LogP contribution in [0.25, 0.3) is 0 Å². The second-order valence-corrected chi connectivity index (χ2v) is 6.01. The van der Waals surface area contributed by atoms with Crippen molar-refractivity contribution in [3.63, 3.8) is 0 Å². The van der Waals surface area contributed by atoms with Crippen molar-refractivity contribution in [1.29, 1.82) is 0 Å². The van der Waals surface area contributed by atoms with Crippen molar-refractivity contribution in [2.24, 2.45) is 0 Å². The van der Waals surface area contributed by atoms with E-state index in [4.69, 9.17) is 0 Å². The van der Waals surface area contributed by atoms with Gasteiger partial charge in [0, 0.05) is 12.1 Å². The molecule has 2 atom stereocenters. The second-order valence-electron chi connectivity index (χ2n) is 6.01. The van der Waals surface area contributed by atoms with Gasteiger partial charge in [0.1, 0.15) is 0 Å². The fraction of sp³-hybridized carbons (Fsp3) is 0.400. The molecule has 112 valence electrons. The third-order valence-electron chi connectivity index (χ3n) is 4.10. The van der Waals surface area contributed by atoms with Gasteiger partial charge in [-0.25, -0.2) is 0 Å². The van der Waals surface area contributed by atoms with Crippen molar-refractivity contribution in [2.45, 2.75) is 52.6 Å². The Hall–Kier alpha value is -1.60. The first-order valence-electron chi connectivity index (χ1n) is 8.01. The van der Waals surface area contributed by atoms with Crippen molar-refractivity contribution in [3.05, 3.63) is 70.8 Å². The van der Waals surface area contributed by atoms with Gasteiger partial charge in [-0.3, -0.25) is 0 Å². The van der Waals surface area contributed by atoms with Gasteiger partial charge in [0.15, 0.2) is 0 Å². The largest absolute Gasteiger partial charge is 0.304 e. The van der Waals surface area contributed by atoms with Crippen LogP contribution < -0.4 is 5.32 Å². The molecule has 0 heterocycles. The zero-order valence-electron chi connectivity index (χ0n) is 13.7. The molecular formula is C20H27N. The Morgan fingerprint density at radius 3 is 1.76 bits per heavy atom. The summed E-state index contributed by atoms with van der Waals surface area (Å²) in [5.74, 6) is 0. The van der Waals surface area contributed by atoms with Gasteiger partial charge < -0.3 is 5.32 Å². The van der Waals surface area contributed by atoms with E-state index in [0.717, 1.165) is 0 Å². The predicted molar refractivity (Wildman–Crippen MR) is 91.6 cm³/mol. The number of hydrogen-bond donors (Lipinski definition) is 1. The Bertz CT molecular complexity index is 539. The minimum atomic E-state index is 0.357. The minimum Gasteiger partial charge on any atom is -0.304 e. The molecule has 0 saturated heterocycles. The van der Waals surface area contributed by atoms with Crippen molar-refractivity contribution >= 4 is 0 Å². The van der Waals surface area contributed by atoms with Crippen molar-refractivity contribution in [3.8, 4) is 0 Å². The zero-order chi connectivity index (χ0) is 15.2. The highest BCUT2D eigenvalue weighted by Crippen LogP contribution is 2.20. The molecule has 2 unspecified atom stereocenters. The standard InChI is InChI=1S/C20H27N/c1-5-6-18-9-13-20(14-10-18)17(4)21-16(3)19-11-7-15(2)8-12-19/h7-14,16-17,21H,5-6H2,1-4H3. The van der Waals surface area contributed by atoms with Crippen molar-refractivity contribution in [2.75, 3.05) is 0 Å². The molecule has 1 N–H and O–H groups in total. The summed E-state index contributed by atoms with van der Waals surface area (Å²) >= 11 is 0. The number of hydrogen-bond acceptors (Lipinski definition) is 1. The van der Waals surface area contributed by atoms with Gasteiger partial charge in [-0.2, -0.15) is 0 Å². The summed E-state index contributed by atoms with van der Waals surface area (Å²) in [5, 5.41) is 3.68. The van der Waals surface area contributed by atoms with Gasteiger partial charge in [0.25, 0.3) is 0 Å². The summed E-state index contributed by atoms with van der Waals surface area (Å²) in [6, 6.07) is 18.5. The maximum Gasteiger partial charge on any atom is 0.0297 e. The normalized spacial score (nSPS) is 13.9. The Labute approximate surface area is 129 Å². The first-order valence-corrected chi connectivity index (χ1v) is 8.01. The highest BCUT2D eigenvalue weighted by molar-refractivity contribution is 5.27. The molecule has 0 aliphatic carbocycles. The molecule has 21 heavy (non-hydrogen) atoms. The average molecular weight is 281 g/mol. The van der Waals surface area contributed by atoms with Crippen LogP contribution in [0.3, 0.4) is 0 Å². The first kappa shape index (κ1) is 15.8. The van der Waals surface area contributed by atoms with E-state index in [0.29, 0.717) is 12.1 Å². The molecule has 1 nitrogen and oxygen atoms in total. The maximum absolute atomic E-state index is 3.68. The molecule has 2 aromatic rings. The lowest BCUT2D eigenvalue weighted by Crippen LogP contribution is -2.22. The van der Waals surface area contributed by atoms with Gasteiger partial charge in [0.2, 0.25) is 0 Å². The van der Waals surface area contributed by atoms with Gasteiger partial charge in [-0.15, -0.1) is 0 Å². The van der Waals surface area contributed by atoms with E-state index in [1.807, 2.05) is 0 Å².